The van der Waals surface area contributed by atoms with E-state index in [0.717, 1.165) is 37.5 Å². The maximum atomic E-state index is 13.1. The van der Waals surface area contributed by atoms with E-state index >= 15 is 0 Å². The minimum absolute atomic E-state index is 0.288. The van der Waals surface area contributed by atoms with E-state index in [1.165, 1.54) is 28.2 Å². The van der Waals surface area contributed by atoms with Crippen LogP contribution in [0.5, 0.6) is 0 Å². The summed E-state index contributed by atoms with van der Waals surface area (Å²) >= 11 is 1.24. The molecule has 0 spiro atoms. The lowest BCUT2D eigenvalue weighted by atomic mass is 10.1. The summed E-state index contributed by atoms with van der Waals surface area (Å²) in [6.07, 6.45) is -0.0731. The molecule has 0 bridgehead atoms. The van der Waals surface area contributed by atoms with Crippen molar-refractivity contribution in [2.75, 3.05) is 32.1 Å². The molecule has 0 N–H and O–H groups in total. The van der Waals surface area contributed by atoms with Crippen LogP contribution >= 0.6 is 11.3 Å². The summed E-state index contributed by atoms with van der Waals surface area (Å²) in [5.41, 5.74) is 0.184. The summed E-state index contributed by atoms with van der Waals surface area (Å²) in [4.78, 5) is 22.8. The van der Waals surface area contributed by atoms with Gasteiger partial charge in [-0.1, -0.05) is 12.1 Å². The Morgan fingerprint density at radius 3 is 2.47 bits per heavy atom. The summed E-state index contributed by atoms with van der Waals surface area (Å²) in [6, 6.07) is 10.9. The first-order valence-electron chi connectivity index (χ1n) is 10.8. The number of thiophene rings is 1. The number of aromatic nitrogens is 3. The number of likely N-dealkylation sites (N-methyl/N-ethyl adjacent to an activating group) is 1. The quantitative estimate of drug-likeness (QED) is 0.421. The Bertz CT molecular complexity index is 1380. The van der Waals surface area contributed by atoms with Crippen LogP contribution in [0.1, 0.15) is 12.0 Å². The molecule has 1 fully saturated rings. The number of hydrogen-bond acceptors (Lipinski definition) is 6. The molecule has 4 aromatic rings. The van der Waals surface area contributed by atoms with Crippen LogP contribution in [0.2, 0.25) is 0 Å². The van der Waals surface area contributed by atoms with Gasteiger partial charge in [0.15, 0.2) is 0 Å². The minimum Gasteiger partial charge on any atom is -0.355 e. The molecule has 0 unspecified atom stereocenters. The van der Waals surface area contributed by atoms with Crippen molar-refractivity contribution in [3.63, 3.8) is 0 Å². The van der Waals surface area contributed by atoms with Gasteiger partial charge in [-0.05, 0) is 56.4 Å². The van der Waals surface area contributed by atoms with E-state index in [4.69, 9.17) is 0 Å². The van der Waals surface area contributed by atoms with Crippen LogP contribution in [0.3, 0.4) is 0 Å². The van der Waals surface area contributed by atoms with Crippen LogP contribution in [0.25, 0.3) is 26.2 Å². The van der Waals surface area contributed by atoms with E-state index in [0.29, 0.717) is 32.3 Å². The summed E-state index contributed by atoms with van der Waals surface area (Å²) in [5, 5.41) is 4.94. The molecule has 5 rings (SSSR count). The lowest BCUT2D eigenvalue weighted by Crippen LogP contribution is -2.31. The molecule has 4 heterocycles. The first-order valence-corrected chi connectivity index (χ1v) is 11.6. The fraction of sp³-hybridized carbons (Fsp3) is 0.292. The van der Waals surface area contributed by atoms with Gasteiger partial charge < -0.3 is 9.80 Å². The highest BCUT2D eigenvalue weighted by atomic mass is 32.1. The Morgan fingerprint density at radius 1 is 1.09 bits per heavy atom. The first kappa shape index (κ1) is 22.5. The average molecular weight is 486 g/mol. The van der Waals surface area contributed by atoms with Gasteiger partial charge in [0.05, 0.1) is 23.6 Å². The second-order valence-corrected chi connectivity index (χ2v) is 9.61. The first-order chi connectivity index (χ1) is 16.2. The van der Waals surface area contributed by atoms with Crippen LogP contribution in [0.15, 0.2) is 59.7 Å². The van der Waals surface area contributed by atoms with Crippen LogP contribution in [-0.2, 0) is 6.18 Å². The molecule has 1 aliphatic heterocycles. The molecule has 34 heavy (non-hydrogen) atoms. The fourth-order valence-electron chi connectivity index (χ4n) is 4.15. The third-order valence-corrected chi connectivity index (χ3v) is 7.34. The number of alkyl halides is 3. The Morgan fingerprint density at radius 2 is 1.85 bits per heavy atom. The minimum atomic E-state index is -4.39. The number of hydrogen-bond donors (Lipinski definition) is 0. The van der Waals surface area contributed by atoms with Crippen LogP contribution in [0.4, 0.5) is 19.0 Å². The van der Waals surface area contributed by atoms with Gasteiger partial charge in [0.25, 0.3) is 5.56 Å². The zero-order chi connectivity index (χ0) is 24.0. The number of rotatable bonds is 4. The van der Waals surface area contributed by atoms with Gasteiger partial charge in [0.1, 0.15) is 10.5 Å². The third-order valence-electron chi connectivity index (χ3n) is 6.15. The summed E-state index contributed by atoms with van der Waals surface area (Å²) < 4.78 is 40.3. The van der Waals surface area contributed by atoms with E-state index in [1.807, 2.05) is 12.1 Å². The van der Waals surface area contributed by atoms with E-state index in [-0.39, 0.29) is 5.56 Å². The number of nitrogens with zero attached hydrogens (tertiary/aromatic N) is 5. The Labute approximate surface area is 197 Å². The summed E-state index contributed by atoms with van der Waals surface area (Å²) in [5.74, 6) is 0.864. The zero-order valence-electron chi connectivity index (χ0n) is 18.6. The molecule has 1 atom stereocenters. The molecule has 1 aromatic carbocycles. The van der Waals surface area contributed by atoms with E-state index < -0.39 is 11.7 Å². The van der Waals surface area contributed by atoms with Crippen LogP contribution < -0.4 is 10.5 Å². The van der Waals surface area contributed by atoms with Crippen LogP contribution in [-0.4, -0.2) is 52.9 Å². The molecule has 0 aliphatic carbocycles. The van der Waals surface area contributed by atoms with Crippen molar-refractivity contribution in [2.24, 2.45) is 0 Å². The largest absolute Gasteiger partial charge is 0.416 e. The molecule has 0 saturated carbocycles. The number of fused-ring (bicyclic) bond motifs is 1. The zero-order valence-corrected chi connectivity index (χ0v) is 19.4. The molecule has 3 aromatic heterocycles. The van der Waals surface area contributed by atoms with Crippen molar-refractivity contribution in [3.05, 3.63) is 70.8 Å². The average Bonchev–Trinajstić information content (AvgIpc) is 3.47. The highest BCUT2D eigenvalue weighted by Crippen LogP contribution is 2.34. The Balaban J connectivity index is 1.42. The Kier molecular flexibility index (Phi) is 5.65. The van der Waals surface area contributed by atoms with Crippen LogP contribution in [0, 0.1) is 0 Å². The van der Waals surface area contributed by atoms with Crippen molar-refractivity contribution in [1.82, 2.24) is 19.7 Å². The smallest absolute Gasteiger partial charge is 0.355 e. The van der Waals surface area contributed by atoms with Gasteiger partial charge in [-0.2, -0.15) is 23.0 Å². The maximum absolute atomic E-state index is 13.1. The molecule has 6 nitrogen and oxygen atoms in total. The van der Waals surface area contributed by atoms with Gasteiger partial charge in [-0.15, -0.1) is 11.3 Å². The van der Waals surface area contributed by atoms with E-state index in [2.05, 4.69) is 34.0 Å². The van der Waals surface area contributed by atoms with Gasteiger partial charge >= 0.3 is 6.18 Å². The molecule has 0 amide bonds. The topological polar surface area (TPSA) is 54.3 Å². The number of benzene rings is 1. The maximum Gasteiger partial charge on any atom is 0.416 e. The lowest BCUT2D eigenvalue weighted by molar-refractivity contribution is -0.137. The normalized spacial score (nSPS) is 16.6. The molecule has 1 aliphatic rings. The second kappa shape index (κ2) is 8.52. The van der Waals surface area contributed by atoms with Crippen molar-refractivity contribution in [1.29, 1.82) is 0 Å². The van der Waals surface area contributed by atoms with Gasteiger partial charge in [0.2, 0.25) is 0 Å². The van der Waals surface area contributed by atoms with Gasteiger partial charge in [0, 0.05) is 29.4 Å². The van der Waals surface area contributed by atoms with Gasteiger partial charge in [-0.3, -0.25) is 4.79 Å². The summed E-state index contributed by atoms with van der Waals surface area (Å²) in [6.45, 7) is 1.84. The van der Waals surface area contributed by atoms with Gasteiger partial charge in [-0.25, -0.2) is 4.98 Å². The van der Waals surface area contributed by atoms with Crippen molar-refractivity contribution in [3.8, 4) is 16.1 Å². The molecule has 1 saturated heterocycles. The molecular weight excluding hydrogens is 463 g/mol. The fourth-order valence-corrected chi connectivity index (χ4v) is 5.21. The Hall–Kier alpha value is -3.24. The molecule has 10 heteroatoms. The third kappa shape index (κ3) is 4.19. The van der Waals surface area contributed by atoms with Crippen molar-refractivity contribution in [2.45, 2.75) is 18.6 Å². The summed E-state index contributed by atoms with van der Waals surface area (Å²) in [7, 11) is 4.15. The molecular formula is C24H22F3N5OS. The predicted molar refractivity (Wildman–Crippen MR) is 128 cm³/mol. The number of halogens is 3. The monoisotopic (exact) mass is 485 g/mol. The van der Waals surface area contributed by atoms with Crippen molar-refractivity contribution < 1.29 is 13.2 Å². The highest BCUT2D eigenvalue weighted by molar-refractivity contribution is 7.22. The highest BCUT2D eigenvalue weighted by Gasteiger charge is 2.30. The number of anilines is 1. The SMILES string of the molecule is CN(C)[C@H]1CCN(c2ccc(-n3ncc4cc(-c5ccc(C(F)(F)F)cc5)sc4c3=O)cn2)C1. The van der Waals surface area contributed by atoms with E-state index in [1.54, 1.807) is 18.5 Å². The second-order valence-electron chi connectivity index (χ2n) is 8.56. The molecule has 176 valence electrons. The standard InChI is InChI=1S/C24H22F3N5OS/c1-30(2)19-9-10-31(14-19)21-8-7-18(13-28-21)32-23(33)22-16(12-29-32)11-20(34-22)15-3-5-17(6-4-15)24(25,26)27/h3-8,11-13,19H,9-10,14H2,1-2H3/t19-/m0/s1. The van der Waals surface area contributed by atoms with Crippen molar-refractivity contribution >= 4 is 27.2 Å². The predicted octanol–water partition coefficient (Wildman–Crippen LogP) is 4.67. The molecule has 0 radical (unpaired) electrons. The number of pyridine rings is 1. The lowest BCUT2D eigenvalue weighted by Gasteiger charge is -2.21. The van der Waals surface area contributed by atoms with E-state index in [9.17, 15) is 18.0 Å².